The molecule has 19 heavy (non-hydrogen) atoms. The van der Waals surface area contributed by atoms with Gasteiger partial charge in [0.1, 0.15) is 17.8 Å². The fourth-order valence-corrected chi connectivity index (χ4v) is 2.62. The minimum absolute atomic E-state index is 0.00903. The lowest BCUT2D eigenvalue weighted by molar-refractivity contribution is 0.0495. The van der Waals surface area contributed by atoms with Crippen LogP contribution in [-0.2, 0) is 15.9 Å². The summed E-state index contributed by atoms with van der Waals surface area (Å²) in [6.07, 6.45) is 0.676. The number of carbonyl (C=O) groups excluding carboxylic acids is 1. The summed E-state index contributed by atoms with van der Waals surface area (Å²) in [5.74, 6) is 0. The molecule has 0 aromatic heterocycles. The van der Waals surface area contributed by atoms with Gasteiger partial charge in [0.2, 0.25) is 0 Å². The van der Waals surface area contributed by atoms with Crippen LogP contribution in [0.25, 0.3) is 0 Å². The van der Waals surface area contributed by atoms with Gasteiger partial charge in [-0.1, -0.05) is 24.3 Å². The highest BCUT2D eigenvalue weighted by atomic mass is 16.6. The molecule has 4 nitrogen and oxygen atoms in total. The standard InChI is InChI=1S/C15H19NO3/c1-15(2,3)19-14(17)16-11-8-9-6-4-5-7-10(9)12-13(11)18-12/h4-7,11-13H,8H2,1-3H3,(H,16,17). The van der Waals surface area contributed by atoms with E-state index < -0.39 is 5.60 Å². The summed E-state index contributed by atoms with van der Waals surface area (Å²) in [7, 11) is 0. The van der Waals surface area contributed by atoms with E-state index >= 15 is 0 Å². The van der Waals surface area contributed by atoms with E-state index in [9.17, 15) is 4.79 Å². The van der Waals surface area contributed by atoms with Gasteiger partial charge in [-0.15, -0.1) is 0 Å². The molecule has 1 aromatic carbocycles. The summed E-state index contributed by atoms with van der Waals surface area (Å²) in [6, 6.07) is 8.25. The molecular formula is C15H19NO3. The van der Waals surface area contributed by atoms with Crippen LogP contribution >= 0.6 is 0 Å². The Balaban J connectivity index is 1.68. The second kappa shape index (κ2) is 4.23. The summed E-state index contributed by atoms with van der Waals surface area (Å²) >= 11 is 0. The Morgan fingerprint density at radius 2 is 2.11 bits per heavy atom. The lowest BCUT2D eigenvalue weighted by Gasteiger charge is -2.25. The highest BCUT2D eigenvalue weighted by Crippen LogP contribution is 2.46. The van der Waals surface area contributed by atoms with Crippen molar-refractivity contribution in [3.05, 3.63) is 35.4 Å². The van der Waals surface area contributed by atoms with Crippen molar-refractivity contribution in [2.24, 2.45) is 0 Å². The number of hydrogen-bond donors (Lipinski definition) is 1. The minimum Gasteiger partial charge on any atom is -0.444 e. The number of carbonyl (C=O) groups is 1. The number of fused-ring (bicyclic) bond motifs is 3. The van der Waals surface area contributed by atoms with E-state index in [2.05, 4.69) is 17.4 Å². The van der Waals surface area contributed by atoms with Crippen molar-refractivity contribution >= 4 is 6.09 Å². The monoisotopic (exact) mass is 261 g/mol. The molecule has 3 unspecified atom stereocenters. The zero-order chi connectivity index (χ0) is 13.6. The Morgan fingerprint density at radius 3 is 2.84 bits per heavy atom. The van der Waals surface area contributed by atoms with Crippen LogP contribution in [0.3, 0.4) is 0 Å². The normalized spacial score (nSPS) is 28.1. The Morgan fingerprint density at radius 1 is 1.37 bits per heavy atom. The molecule has 3 rings (SSSR count). The number of nitrogens with one attached hydrogen (secondary N) is 1. The number of rotatable bonds is 1. The van der Waals surface area contributed by atoms with Crippen LogP contribution < -0.4 is 5.32 Å². The first-order valence-corrected chi connectivity index (χ1v) is 6.67. The molecular weight excluding hydrogens is 242 g/mol. The van der Waals surface area contributed by atoms with E-state index in [1.165, 1.54) is 11.1 Å². The Hall–Kier alpha value is -1.55. The van der Waals surface area contributed by atoms with Crippen molar-refractivity contribution < 1.29 is 14.3 Å². The average Bonchev–Trinajstić information content (AvgIpc) is 3.06. The SMILES string of the molecule is CC(C)(C)OC(=O)NC1Cc2ccccc2C2OC12. The van der Waals surface area contributed by atoms with Crippen molar-refractivity contribution in [2.45, 2.75) is 51.0 Å². The first-order chi connectivity index (χ1) is 8.94. The molecule has 1 aromatic rings. The predicted molar refractivity (Wildman–Crippen MR) is 70.9 cm³/mol. The molecule has 2 aliphatic rings. The highest BCUT2D eigenvalue weighted by molar-refractivity contribution is 5.68. The second-order valence-corrected chi connectivity index (χ2v) is 6.18. The Kier molecular flexibility index (Phi) is 2.78. The number of alkyl carbamates (subject to hydrolysis) is 1. The largest absolute Gasteiger partial charge is 0.444 e. The summed E-state index contributed by atoms with van der Waals surface area (Å²) in [5.41, 5.74) is 2.04. The second-order valence-electron chi connectivity index (χ2n) is 6.18. The van der Waals surface area contributed by atoms with Gasteiger partial charge in [0.25, 0.3) is 0 Å². The van der Waals surface area contributed by atoms with E-state index in [0.29, 0.717) is 0 Å². The van der Waals surface area contributed by atoms with Gasteiger partial charge < -0.3 is 14.8 Å². The van der Waals surface area contributed by atoms with E-state index in [1.807, 2.05) is 32.9 Å². The van der Waals surface area contributed by atoms with Crippen LogP contribution in [0, 0.1) is 0 Å². The van der Waals surface area contributed by atoms with E-state index in [-0.39, 0.29) is 24.3 Å². The molecule has 0 spiro atoms. The lowest BCUT2D eigenvalue weighted by Crippen LogP contribution is -2.44. The average molecular weight is 261 g/mol. The van der Waals surface area contributed by atoms with Crippen molar-refractivity contribution in [3.8, 4) is 0 Å². The molecule has 0 bridgehead atoms. The fourth-order valence-electron chi connectivity index (χ4n) is 2.62. The third-order valence-corrected chi connectivity index (χ3v) is 3.43. The topological polar surface area (TPSA) is 50.9 Å². The Labute approximate surface area is 113 Å². The Bertz CT molecular complexity index is 506. The zero-order valence-corrected chi connectivity index (χ0v) is 11.5. The van der Waals surface area contributed by atoms with Gasteiger partial charge in [-0.3, -0.25) is 0 Å². The number of benzene rings is 1. The van der Waals surface area contributed by atoms with Crippen molar-refractivity contribution in [1.29, 1.82) is 0 Å². The highest BCUT2D eigenvalue weighted by Gasteiger charge is 2.50. The van der Waals surface area contributed by atoms with Gasteiger partial charge in [0.15, 0.2) is 0 Å². The molecule has 102 valence electrons. The summed E-state index contributed by atoms with van der Waals surface area (Å²) < 4.78 is 11.0. The van der Waals surface area contributed by atoms with Crippen LogP contribution in [0.15, 0.2) is 24.3 Å². The third kappa shape index (κ3) is 2.59. The van der Waals surface area contributed by atoms with Gasteiger partial charge in [-0.25, -0.2) is 4.79 Å². The molecule has 0 saturated carbocycles. The minimum atomic E-state index is -0.472. The molecule has 1 heterocycles. The van der Waals surface area contributed by atoms with Gasteiger partial charge >= 0.3 is 6.09 Å². The molecule has 1 fully saturated rings. The van der Waals surface area contributed by atoms with Crippen molar-refractivity contribution in [3.63, 3.8) is 0 Å². The molecule has 1 amide bonds. The first-order valence-electron chi connectivity index (χ1n) is 6.67. The summed E-state index contributed by atoms with van der Waals surface area (Å²) in [5, 5.41) is 2.92. The van der Waals surface area contributed by atoms with Crippen molar-refractivity contribution in [1.82, 2.24) is 5.32 Å². The van der Waals surface area contributed by atoms with E-state index in [4.69, 9.17) is 9.47 Å². The van der Waals surface area contributed by atoms with Crippen LogP contribution in [0.1, 0.15) is 38.0 Å². The number of hydrogen-bond acceptors (Lipinski definition) is 3. The summed E-state index contributed by atoms with van der Waals surface area (Å²) in [6.45, 7) is 5.58. The molecule has 3 atom stereocenters. The fraction of sp³-hybridized carbons (Fsp3) is 0.533. The van der Waals surface area contributed by atoms with Gasteiger partial charge in [-0.05, 0) is 38.3 Å². The van der Waals surface area contributed by atoms with Crippen LogP contribution in [0.4, 0.5) is 4.79 Å². The zero-order valence-electron chi connectivity index (χ0n) is 11.5. The van der Waals surface area contributed by atoms with Gasteiger partial charge in [0, 0.05) is 0 Å². The molecule has 1 aliphatic carbocycles. The van der Waals surface area contributed by atoms with Crippen LogP contribution in [0.5, 0.6) is 0 Å². The molecule has 1 N–H and O–H groups in total. The van der Waals surface area contributed by atoms with Crippen molar-refractivity contribution in [2.75, 3.05) is 0 Å². The molecule has 1 aliphatic heterocycles. The maximum Gasteiger partial charge on any atom is 0.407 e. The molecule has 1 saturated heterocycles. The third-order valence-electron chi connectivity index (χ3n) is 3.43. The smallest absolute Gasteiger partial charge is 0.407 e. The lowest BCUT2D eigenvalue weighted by atomic mass is 9.88. The summed E-state index contributed by atoms with van der Waals surface area (Å²) in [4.78, 5) is 11.8. The van der Waals surface area contributed by atoms with E-state index in [1.54, 1.807) is 0 Å². The molecule has 4 heteroatoms. The van der Waals surface area contributed by atoms with Gasteiger partial charge in [0.05, 0.1) is 6.04 Å². The van der Waals surface area contributed by atoms with Crippen LogP contribution in [0.2, 0.25) is 0 Å². The number of amides is 1. The number of ether oxygens (including phenoxy) is 2. The number of epoxide rings is 1. The quantitative estimate of drug-likeness (QED) is 0.790. The predicted octanol–water partition coefficient (Wildman–Crippen LogP) is 2.58. The van der Waals surface area contributed by atoms with E-state index in [0.717, 1.165) is 6.42 Å². The maximum absolute atomic E-state index is 11.8. The maximum atomic E-state index is 11.8. The van der Waals surface area contributed by atoms with Crippen LogP contribution in [-0.4, -0.2) is 23.8 Å². The first kappa shape index (κ1) is 12.5. The van der Waals surface area contributed by atoms with Gasteiger partial charge in [-0.2, -0.15) is 0 Å². The molecule has 0 radical (unpaired) electrons.